The number of rotatable bonds is 6. The van der Waals surface area contributed by atoms with Crippen LogP contribution in [-0.4, -0.2) is 37.0 Å². The van der Waals surface area contributed by atoms with Crippen LogP contribution in [0.4, 0.5) is 0 Å². The van der Waals surface area contributed by atoms with Crippen molar-refractivity contribution in [2.24, 2.45) is 11.8 Å². The molecule has 3 N–H and O–H groups in total. The Morgan fingerprint density at radius 1 is 1.26 bits per heavy atom. The van der Waals surface area contributed by atoms with Crippen LogP contribution in [0.25, 0.3) is 0 Å². The summed E-state index contributed by atoms with van der Waals surface area (Å²) < 4.78 is 0. The fourth-order valence-electron chi connectivity index (χ4n) is 2.95. The molecule has 0 spiro atoms. The molecule has 2 aliphatic heterocycles. The summed E-state index contributed by atoms with van der Waals surface area (Å²) in [4.78, 5) is 23.5. The van der Waals surface area contributed by atoms with E-state index in [4.69, 9.17) is 0 Å². The second kappa shape index (κ2) is 6.37. The molecule has 0 radical (unpaired) electrons. The Morgan fingerprint density at radius 2 is 2.05 bits per heavy atom. The van der Waals surface area contributed by atoms with Gasteiger partial charge in [0.25, 0.3) is 0 Å². The Kier molecular flexibility index (Phi) is 4.80. The van der Waals surface area contributed by atoms with Crippen molar-refractivity contribution >= 4 is 11.8 Å². The lowest BCUT2D eigenvalue weighted by Crippen LogP contribution is -2.39. The van der Waals surface area contributed by atoms with E-state index in [0.717, 1.165) is 12.8 Å². The van der Waals surface area contributed by atoms with Crippen LogP contribution < -0.4 is 16.0 Å². The molecular formula is C14H25N3O2. The Labute approximate surface area is 114 Å². The van der Waals surface area contributed by atoms with Gasteiger partial charge in [-0.15, -0.1) is 0 Å². The number of hydrogen-bond donors (Lipinski definition) is 3. The highest BCUT2D eigenvalue weighted by molar-refractivity contribution is 5.81. The predicted molar refractivity (Wildman–Crippen MR) is 73.5 cm³/mol. The number of hydrogen-bond acceptors (Lipinski definition) is 3. The van der Waals surface area contributed by atoms with E-state index in [2.05, 4.69) is 29.8 Å². The Bertz CT molecular complexity index is 344. The molecule has 2 rings (SSSR count). The van der Waals surface area contributed by atoms with Crippen LogP contribution >= 0.6 is 0 Å². The molecule has 2 heterocycles. The maximum Gasteiger partial charge on any atom is 0.224 e. The van der Waals surface area contributed by atoms with E-state index in [1.54, 1.807) is 0 Å². The topological polar surface area (TPSA) is 70.2 Å². The van der Waals surface area contributed by atoms with E-state index < -0.39 is 0 Å². The molecule has 2 amide bonds. The van der Waals surface area contributed by atoms with Crippen molar-refractivity contribution in [2.75, 3.05) is 13.1 Å². The zero-order valence-corrected chi connectivity index (χ0v) is 11.9. The third-order valence-electron chi connectivity index (χ3n) is 4.00. The third kappa shape index (κ3) is 3.93. The molecular weight excluding hydrogens is 242 g/mol. The van der Waals surface area contributed by atoms with E-state index in [9.17, 15) is 9.59 Å². The summed E-state index contributed by atoms with van der Waals surface area (Å²) in [5.74, 6) is 0.688. The summed E-state index contributed by atoms with van der Waals surface area (Å²) in [5.41, 5.74) is 0. The smallest absolute Gasteiger partial charge is 0.224 e. The molecule has 0 aromatic carbocycles. The van der Waals surface area contributed by atoms with E-state index in [1.807, 2.05) is 0 Å². The minimum Gasteiger partial charge on any atom is -0.356 e. The highest BCUT2D eigenvalue weighted by Gasteiger charge is 2.42. The van der Waals surface area contributed by atoms with Gasteiger partial charge in [0.2, 0.25) is 11.8 Å². The largest absolute Gasteiger partial charge is 0.356 e. The lowest BCUT2D eigenvalue weighted by molar-refractivity contribution is -0.125. The van der Waals surface area contributed by atoms with Crippen LogP contribution in [0.2, 0.25) is 0 Å². The molecule has 2 fully saturated rings. The number of amides is 2. The third-order valence-corrected chi connectivity index (χ3v) is 4.00. The number of carbonyl (C=O) groups excluding carboxylic acids is 2. The van der Waals surface area contributed by atoms with Gasteiger partial charge in [0.05, 0.1) is 5.92 Å². The summed E-state index contributed by atoms with van der Waals surface area (Å²) in [6.45, 7) is 5.26. The van der Waals surface area contributed by atoms with E-state index in [0.29, 0.717) is 37.5 Å². The Morgan fingerprint density at radius 3 is 2.63 bits per heavy atom. The molecule has 19 heavy (non-hydrogen) atoms. The fourth-order valence-corrected chi connectivity index (χ4v) is 2.95. The summed E-state index contributed by atoms with van der Waals surface area (Å²) in [7, 11) is 0. The van der Waals surface area contributed by atoms with Gasteiger partial charge in [-0.1, -0.05) is 13.8 Å². The van der Waals surface area contributed by atoms with Crippen molar-refractivity contribution in [1.29, 1.82) is 0 Å². The molecule has 5 nitrogen and oxygen atoms in total. The quantitative estimate of drug-likeness (QED) is 0.652. The standard InChI is InChI=1S/C14H25N3O2/c1-9(2)8-16-13(18)5-6-15-14(19)11-7-10-3-4-12(11)17-10/h9-12,17H,3-8H2,1-2H3,(H,15,19)(H,16,18). The Balaban J connectivity index is 1.60. The average Bonchev–Trinajstić information content (AvgIpc) is 2.98. The molecule has 0 aliphatic carbocycles. The van der Waals surface area contributed by atoms with E-state index >= 15 is 0 Å². The molecule has 3 unspecified atom stereocenters. The highest BCUT2D eigenvalue weighted by atomic mass is 16.2. The first-order chi connectivity index (χ1) is 9.06. The zero-order valence-electron chi connectivity index (χ0n) is 11.9. The van der Waals surface area contributed by atoms with Crippen LogP contribution in [0, 0.1) is 11.8 Å². The number of nitrogens with one attached hydrogen (secondary N) is 3. The molecule has 2 bridgehead atoms. The summed E-state index contributed by atoms with van der Waals surface area (Å²) in [6, 6.07) is 0.898. The molecule has 5 heteroatoms. The second-order valence-corrected chi connectivity index (χ2v) is 6.13. The minimum absolute atomic E-state index is 0.0140. The SMILES string of the molecule is CC(C)CNC(=O)CCNC(=O)C1CC2CCC1N2. The summed E-state index contributed by atoms with van der Waals surface area (Å²) >= 11 is 0. The number of fused-ring (bicyclic) bond motifs is 2. The van der Waals surface area contributed by atoms with Crippen LogP contribution in [0.15, 0.2) is 0 Å². The molecule has 0 aromatic heterocycles. The van der Waals surface area contributed by atoms with Gasteiger partial charge in [0, 0.05) is 31.6 Å². The van der Waals surface area contributed by atoms with Crippen LogP contribution in [0.5, 0.6) is 0 Å². The van der Waals surface area contributed by atoms with E-state index in [-0.39, 0.29) is 17.7 Å². The molecule has 0 aromatic rings. The van der Waals surface area contributed by atoms with E-state index in [1.165, 1.54) is 6.42 Å². The highest BCUT2D eigenvalue weighted by Crippen LogP contribution is 2.33. The van der Waals surface area contributed by atoms with Crippen LogP contribution in [0.3, 0.4) is 0 Å². The van der Waals surface area contributed by atoms with Crippen molar-refractivity contribution in [3.63, 3.8) is 0 Å². The maximum atomic E-state index is 12.0. The Hall–Kier alpha value is -1.10. The van der Waals surface area contributed by atoms with Gasteiger partial charge in [-0.3, -0.25) is 9.59 Å². The first-order valence-electron chi connectivity index (χ1n) is 7.36. The van der Waals surface area contributed by atoms with Gasteiger partial charge in [-0.05, 0) is 25.2 Å². The maximum absolute atomic E-state index is 12.0. The second-order valence-electron chi connectivity index (χ2n) is 6.13. The monoisotopic (exact) mass is 267 g/mol. The molecule has 108 valence electrons. The molecule has 2 saturated heterocycles. The fraction of sp³-hybridized carbons (Fsp3) is 0.857. The van der Waals surface area contributed by atoms with Crippen molar-refractivity contribution in [2.45, 2.75) is 51.6 Å². The first-order valence-corrected chi connectivity index (χ1v) is 7.36. The van der Waals surface area contributed by atoms with Gasteiger partial charge in [0.15, 0.2) is 0 Å². The van der Waals surface area contributed by atoms with Crippen molar-refractivity contribution in [3.8, 4) is 0 Å². The lowest BCUT2D eigenvalue weighted by atomic mass is 9.88. The zero-order chi connectivity index (χ0) is 13.8. The summed E-state index contributed by atoms with van der Waals surface area (Å²) in [5, 5.41) is 9.19. The lowest BCUT2D eigenvalue weighted by Gasteiger charge is -2.19. The molecule has 2 aliphatic rings. The average molecular weight is 267 g/mol. The van der Waals surface area contributed by atoms with Crippen molar-refractivity contribution in [1.82, 2.24) is 16.0 Å². The van der Waals surface area contributed by atoms with Gasteiger partial charge in [-0.2, -0.15) is 0 Å². The number of carbonyl (C=O) groups is 2. The summed E-state index contributed by atoms with van der Waals surface area (Å²) in [6.07, 6.45) is 3.63. The predicted octanol–water partition coefficient (Wildman–Crippen LogP) is 0.405. The normalized spacial score (nSPS) is 28.7. The van der Waals surface area contributed by atoms with Crippen molar-refractivity contribution in [3.05, 3.63) is 0 Å². The van der Waals surface area contributed by atoms with Crippen molar-refractivity contribution < 1.29 is 9.59 Å². The van der Waals surface area contributed by atoms with Gasteiger partial charge < -0.3 is 16.0 Å². The van der Waals surface area contributed by atoms with Gasteiger partial charge in [-0.25, -0.2) is 0 Å². The molecule has 0 saturated carbocycles. The van der Waals surface area contributed by atoms with Crippen LogP contribution in [-0.2, 0) is 9.59 Å². The van der Waals surface area contributed by atoms with Gasteiger partial charge in [0.1, 0.15) is 0 Å². The minimum atomic E-state index is 0.0140. The molecule has 3 atom stereocenters. The first kappa shape index (κ1) is 14.3. The van der Waals surface area contributed by atoms with Gasteiger partial charge >= 0.3 is 0 Å². The van der Waals surface area contributed by atoms with Crippen LogP contribution in [0.1, 0.15) is 39.5 Å².